The fourth-order valence-corrected chi connectivity index (χ4v) is 7.87. The third-order valence-corrected chi connectivity index (χ3v) is 11.3. The Kier molecular flexibility index (Phi) is 24.2. The molecule has 0 aliphatic carbocycles. The Bertz CT molecular complexity index is 2300. The van der Waals surface area contributed by atoms with E-state index in [1.165, 1.54) is 22.3 Å². The van der Waals surface area contributed by atoms with E-state index in [-0.39, 0.29) is 25.2 Å². The molecule has 8 rings (SSSR count). The number of hydrogen-bond acceptors (Lipinski definition) is 6. The van der Waals surface area contributed by atoms with E-state index in [0.29, 0.717) is 39.0 Å². The van der Waals surface area contributed by atoms with Crippen molar-refractivity contribution in [3.05, 3.63) is 287 Å². The molecule has 0 N–H and O–H groups in total. The van der Waals surface area contributed by atoms with Gasteiger partial charge in [-0.3, -0.25) is 19.4 Å². The van der Waals surface area contributed by atoms with E-state index in [2.05, 4.69) is 82.6 Å². The molecule has 8 aromatic carbocycles. The van der Waals surface area contributed by atoms with Gasteiger partial charge in [-0.2, -0.15) is 0 Å². The summed E-state index contributed by atoms with van der Waals surface area (Å²) in [5.41, 5.74) is 8.88. The van der Waals surface area contributed by atoms with E-state index in [1.54, 1.807) is 0 Å². The molecule has 0 radical (unpaired) electrons. The maximum atomic E-state index is 13.5. The number of esters is 2. The summed E-state index contributed by atoms with van der Waals surface area (Å²) in [6, 6.07) is 80.4. The number of ether oxygens (including phenoxy) is 2. The second-order valence-electron chi connectivity index (χ2n) is 16.4. The first kappa shape index (κ1) is 53.6. The highest BCUT2D eigenvalue weighted by Gasteiger charge is 2.30. The Labute approximate surface area is 418 Å². The molecular formula is C64H70N2O4. The van der Waals surface area contributed by atoms with E-state index >= 15 is 0 Å². The van der Waals surface area contributed by atoms with Crippen molar-refractivity contribution in [1.82, 2.24) is 9.80 Å². The Balaban J connectivity index is 0.000000244. The minimum Gasteiger partial charge on any atom is -0.460 e. The van der Waals surface area contributed by atoms with Crippen molar-refractivity contribution >= 4 is 11.9 Å². The van der Waals surface area contributed by atoms with Crippen molar-refractivity contribution in [2.75, 3.05) is 0 Å². The summed E-state index contributed by atoms with van der Waals surface area (Å²) in [6.07, 6.45) is 1.18. The second-order valence-corrected chi connectivity index (χ2v) is 16.4. The van der Waals surface area contributed by atoms with Crippen molar-refractivity contribution < 1.29 is 19.1 Å². The van der Waals surface area contributed by atoms with Gasteiger partial charge in [-0.25, -0.2) is 0 Å². The first-order valence-electron chi connectivity index (χ1n) is 24.7. The Morgan fingerprint density at radius 2 is 0.486 bits per heavy atom. The minimum atomic E-state index is -0.406. The van der Waals surface area contributed by atoms with Crippen LogP contribution in [-0.4, -0.2) is 33.8 Å². The van der Waals surface area contributed by atoms with Gasteiger partial charge < -0.3 is 9.47 Å². The number of benzene rings is 8. The molecule has 70 heavy (non-hydrogen) atoms. The zero-order valence-corrected chi connectivity index (χ0v) is 41.4. The van der Waals surface area contributed by atoms with E-state index in [4.69, 9.17) is 9.47 Å². The van der Waals surface area contributed by atoms with Crippen LogP contribution < -0.4 is 0 Å². The first-order valence-corrected chi connectivity index (χ1v) is 24.7. The van der Waals surface area contributed by atoms with Crippen LogP contribution in [0, 0.1) is 0 Å². The minimum absolute atomic E-state index is 0.199. The lowest BCUT2D eigenvalue weighted by Gasteiger charge is -2.30. The molecule has 8 aromatic rings. The molecule has 6 nitrogen and oxygen atoms in total. The maximum absolute atomic E-state index is 13.5. The van der Waals surface area contributed by atoms with Gasteiger partial charge >= 0.3 is 11.9 Å². The molecule has 0 amide bonds. The van der Waals surface area contributed by atoms with Gasteiger partial charge in [-0.15, -0.1) is 0 Å². The van der Waals surface area contributed by atoms with Gasteiger partial charge in [0.25, 0.3) is 0 Å². The molecule has 0 spiro atoms. The van der Waals surface area contributed by atoms with Crippen LogP contribution in [0.1, 0.15) is 72.2 Å². The van der Waals surface area contributed by atoms with Gasteiger partial charge in [-0.1, -0.05) is 270 Å². The van der Waals surface area contributed by atoms with Crippen LogP contribution in [0.15, 0.2) is 243 Å². The Morgan fingerprint density at radius 3 is 0.700 bits per heavy atom. The van der Waals surface area contributed by atoms with Gasteiger partial charge in [0, 0.05) is 26.2 Å². The maximum Gasteiger partial charge on any atom is 0.324 e. The molecule has 0 heterocycles. The fraction of sp³-hybridized carbons (Fsp3) is 0.219. The predicted octanol–water partition coefficient (Wildman–Crippen LogP) is 14.1. The van der Waals surface area contributed by atoms with Crippen molar-refractivity contribution in [3.63, 3.8) is 0 Å². The first-order chi connectivity index (χ1) is 34.6. The van der Waals surface area contributed by atoms with Crippen molar-refractivity contribution in [1.29, 1.82) is 0 Å². The van der Waals surface area contributed by atoms with Crippen LogP contribution in [0.4, 0.5) is 0 Å². The monoisotopic (exact) mass is 931 g/mol. The van der Waals surface area contributed by atoms with E-state index in [0.717, 1.165) is 22.3 Å². The zero-order chi connectivity index (χ0) is 49.4. The highest BCUT2D eigenvalue weighted by molar-refractivity contribution is 5.77. The summed E-state index contributed by atoms with van der Waals surface area (Å²) in [6.45, 7) is 11.2. The second kappa shape index (κ2) is 31.6. The van der Waals surface area contributed by atoms with Gasteiger partial charge in [0.05, 0.1) is 0 Å². The molecule has 0 fully saturated rings. The van der Waals surface area contributed by atoms with Crippen molar-refractivity contribution in [2.24, 2.45) is 0 Å². The molecule has 0 bridgehead atoms. The third kappa shape index (κ3) is 19.0. The molecular weight excluding hydrogens is 861 g/mol. The largest absolute Gasteiger partial charge is 0.460 e. The molecule has 6 heteroatoms. The molecule has 0 aromatic heterocycles. The molecule has 0 aliphatic rings. The van der Waals surface area contributed by atoms with Crippen LogP contribution in [0.5, 0.6) is 0 Å². The van der Waals surface area contributed by atoms with E-state index < -0.39 is 12.1 Å². The number of hydrogen-bond donors (Lipinski definition) is 0. The summed E-state index contributed by atoms with van der Waals surface area (Å²) in [7, 11) is 0. The standard InChI is InChI=1S/2C30H29NO2.2C2H6/c2*32-30(33-24-28-19-11-4-12-20-28)29(21-25-13-5-1-6-14-25)31(22-26-15-7-2-8-16-26)23-27-17-9-3-10-18-27;2*1-2/h2*1-20,29H,21-24H2;2*1-2H3. The normalized spacial score (nSPS) is 11.3. The van der Waals surface area contributed by atoms with Gasteiger partial charge in [0.15, 0.2) is 0 Å². The number of carbonyl (C=O) groups excluding carboxylic acids is 2. The Hall–Kier alpha value is -7.38. The predicted molar refractivity (Wildman–Crippen MR) is 287 cm³/mol. The summed E-state index contributed by atoms with van der Waals surface area (Å²) in [4.78, 5) is 31.4. The lowest BCUT2D eigenvalue weighted by Crippen LogP contribution is -2.43. The smallest absolute Gasteiger partial charge is 0.324 e. The number of carbonyl (C=O) groups is 2. The quantitative estimate of drug-likeness (QED) is 0.0710. The zero-order valence-electron chi connectivity index (χ0n) is 41.4. The SMILES string of the molecule is CC.CC.O=C(OCc1ccccc1)C(Cc1ccccc1)N(Cc1ccccc1)Cc1ccccc1.O=C(OCc1ccccc1)C(Cc1ccccc1)N(Cc1ccccc1)Cc1ccccc1. The van der Waals surface area contributed by atoms with Crippen LogP contribution >= 0.6 is 0 Å². The lowest BCUT2D eigenvalue weighted by atomic mass is 10.0. The van der Waals surface area contributed by atoms with Crippen molar-refractivity contribution in [3.8, 4) is 0 Å². The van der Waals surface area contributed by atoms with E-state index in [1.807, 2.05) is 198 Å². The summed E-state index contributed by atoms with van der Waals surface area (Å²) < 4.78 is 11.7. The highest BCUT2D eigenvalue weighted by Crippen LogP contribution is 2.21. The average molecular weight is 931 g/mol. The summed E-state index contributed by atoms with van der Waals surface area (Å²) >= 11 is 0. The lowest BCUT2D eigenvalue weighted by molar-refractivity contribution is -0.153. The topological polar surface area (TPSA) is 59.1 Å². The molecule has 2 atom stereocenters. The van der Waals surface area contributed by atoms with Crippen LogP contribution in [-0.2, 0) is 71.3 Å². The Morgan fingerprint density at radius 1 is 0.300 bits per heavy atom. The summed E-state index contributed by atoms with van der Waals surface area (Å²) in [5, 5.41) is 0. The molecule has 0 saturated heterocycles. The van der Waals surface area contributed by atoms with Gasteiger partial charge in [-0.05, 0) is 57.3 Å². The third-order valence-electron chi connectivity index (χ3n) is 11.3. The molecule has 360 valence electrons. The molecule has 0 aliphatic heterocycles. The fourth-order valence-electron chi connectivity index (χ4n) is 7.87. The van der Waals surface area contributed by atoms with Crippen molar-refractivity contribution in [2.45, 2.75) is 92.0 Å². The van der Waals surface area contributed by atoms with Crippen LogP contribution in [0.25, 0.3) is 0 Å². The number of nitrogens with zero attached hydrogens (tertiary/aromatic N) is 2. The van der Waals surface area contributed by atoms with Gasteiger partial charge in [0.2, 0.25) is 0 Å². The average Bonchev–Trinajstić information content (AvgIpc) is 3.43. The van der Waals surface area contributed by atoms with Crippen LogP contribution in [0.2, 0.25) is 0 Å². The van der Waals surface area contributed by atoms with Gasteiger partial charge in [0.1, 0.15) is 25.3 Å². The number of rotatable bonds is 20. The molecule has 2 unspecified atom stereocenters. The summed E-state index contributed by atoms with van der Waals surface area (Å²) in [5.74, 6) is -0.399. The van der Waals surface area contributed by atoms with E-state index in [9.17, 15) is 9.59 Å². The van der Waals surface area contributed by atoms with Crippen LogP contribution in [0.3, 0.4) is 0 Å². The molecule has 0 saturated carbocycles. The highest BCUT2D eigenvalue weighted by atomic mass is 16.5.